The molecule has 3 aromatic rings. The molecule has 5 rings (SSSR count). The fourth-order valence-electron chi connectivity index (χ4n) is 4.36. The first kappa shape index (κ1) is 24.2. The molecule has 0 radical (unpaired) electrons. The van der Waals surface area contributed by atoms with Crippen LogP contribution in [0.15, 0.2) is 48.9 Å². The lowest BCUT2D eigenvalue weighted by Gasteiger charge is -2.20. The third-order valence-electron chi connectivity index (χ3n) is 6.30. The van der Waals surface area contributed by atoms with Crippen LogP contribution in [0.2, 0.25) is 5.02 Å². The lowest BCUT2D eigenvalue weighted by molar-refractivity contribution is -0.130. The van der Waals surface area contributed by atoms with Crippen molar-refractivity contribution in [2.75, 3.05) is 19.7 Å². The number of pyridine rings is 1. The van der Waals surface area contributed by atoms with Crippen molar-refractivity contribution in [3.8, 4) is 5.75 Å². The predicted octanol–water partition coefficient (Wildman–Crippen LogP) is 2.27. The van der Waals surface area contributed by atoms with Gasteiger partial charge in [0.2, 0.25) is 5.91 Å². The summed E-state index contributed by atoms with van der Waals surface area (Å²) in [5, 5.41) is 11.8. The van der Waals surface area contributed by atoms with E-state index in [4.69, 9.17) is 21.1 Å². The number of fused-ring (bicyclic) bond motifs is 5. The van der Waals surface area contributed by atoms with Gasteiger partial charge in [0.1, 0.15) is 11.4 Å². The molecule has 1 aromatic carbocycles. The number of hydrogen-bond donors (Lipinski definition) is 1. The summed E-state index contributed by atoms with van der Waals surface area (Å²) in [6.07, 6.45) is 6.56. The van der Waals surface area contributed by atoms with Gasteiger partial charge in [-0.05, 0) is 36.2 Å². The third-order valence-corrected chi connectivity index (χ3v) is 6.61. The van der Waals surface area contributed by atoms with Crippen LogP contribution in [-0.2, 0) is 29.1 Å². The lowest BCUT2D eigenvalue weighted by Crippen LogP contribution is -2.44. The molecule has 10 nitrogen and oxygen atoms in total. The number of nitrogens with one attached hydrogen (secondary N) is 1. The summed E-state index contributed by atoms with van der Waals surface area (Å²) >= 11 is 6.28. The molecule has 4 bridgehead atoms. The first-order chi connectivity index (χ1) is 17.5. The predicted molar refractivity (Wildman–Crippen MR) is 131 cm³/mol. The minimum absolute atomic E-state index is 0.00298. The Kier molecular flexibility index (Phi) is 7.43. The standard InChI is InChI=1S/C25H27ClN6O4/c26-20-6-5-18-11-22(20)35-10-2-9-32-13-19(29-30-32)16-36-23-15-31(14-21(23)28-25(18)34)24(33)7-4-17-3-1-8-27-12-17/h1,3,5-6,8,11-13,21,23H,2,4,7,9-10,14-16H2,(H,28,34)/t21-,23-/m0/s1. The molecule has 2 aliphatic rings. The summed E-state index contributed by atoms with van der Waals surface area (Å²) in [6, 6.07) is 8.36. The number of aryl methyl sites for hydroxylation is 2. The van der Waals surface area contributed by atoms with Crippen molar-refractivity contribution in [3.05, 3.63) is 70.8 Å². The zero-order valence-corrected chi connectivity index (χ0v) is 20.4. The van der Waals surface area contributed by atoms with E-state index < -0.39 is 6.10 Å². The van der Waals surface area contributed by atoms with Gasteiger partial charge in [0, 0.05) is 50.4 Å². The highest BCUT2D eigenvalue weighted by molar-refractivity contribution is 6.32. The second-order valence-corrected chi connectivity index (χ2v) is 9.32. The maximum atomic E-state index is 13.1. The van der Waals surface area contributed by atoms with Crippen molar-refractivity contribution >= 4 is 23.4 Å². The number of amides is 2. The van der Waals surface area contributed by atoms with E-state index in [0.717, 1.165) is 5.56 Å². The van der Waals surface area contributed by atoms with Crippen LogP contribution in [0.25, 0.3) is 0 Å². The molecule has 0 saturated carbocycles. The second kappa shape index (κ2) is 11.0. The van der Waals surface area contributed by atoms with Gasteiger partial charge < -0.3 is 19.7 Å². The van der Waals surface area contributed by atoms with E-state index in [1.165, 1.54) is 0 Å². The Hall–Kier alpha value is -3.50. The van der Waals surface area contributed by atoms with E-state index in [0.29, 0.717) is 67.5 Å². The van der Waals surface area contributed by atoms with E-state index in [1.807, 2.05) is 18.3 Å². The normalized spacial score (nSPS) is 20.4. The molecular weight excluding hydrogens is 484 g/mol. The Morgan fingerprint density at radius 2 is 2.17 bits per heavy atom. The molecule has 0 unspecified atom stereocenters. The molecule has 1 N–H and O–H groups in total. The van der Waals surface area contributed by atoms with Crippen LogP contribution >= 0.6 is 11.6 Å². The number of likely N-dealkylation sites (tertiary alicyclic amines) is 1. The van der Waals surface area contributed by atoms with Crippen LogP contribution in [0.5, 0.6) is 5.75 Å². The van der Waals surface area contributed by atoms with Crippen molar-refractivity contribution in [3.63, 3.8) is 0 Å². The molecule has 2 aliphatic heterocycles. The van der Waals surface area contributed by atoms with Crippen molar-refractivity contribution in [1.29, 1.82) is 0 Å². The van der Waals surface area contributed by atoms with E-state index >= 15 is 0 Å². The molecule has 36 heavy (non-hydrogen) atoms. The Morgan fingerprint density at radius 3 is 3.03 bits per heavy atom. The van der Waals surface area contributed by atoms with Gasteiger partial charge in [0.15, 0.2) is 0 Å². The van der Waals surface area contributed by atoms with Crippen LogP contribution < -0.4 is 10.1 Å². The van der Waals surface area contributed by atoms with Crippen LogP contribution in [0.1, 0.15) is 34.5 Å². The first-order valence-electron chi connectivity index (χ1n) is 12.0. The Labute approximate surface area is 213 Å². The maximum absolute atomic E-state index is 13.1. The zero-order chi connectivity index (χ0) is 24.9. The summed E-state index contributed by atoms with van der Waals surface area (Å²) in [7, 11) is 0. The van der Waals surface area contributed by atoms with Crippen molar-refractivity contribution in [2.45, 2.75) is 44.6 Å². The average Bonchev–Trinajstić information content (AvgIpc) is 3.51. The van der Waals surface area contributed by atoms with Crippen LogP contribution in [-0.4, -0.2) is 68.5 Å². The Morgan fingerprint density at radius 1 is 1.25 bits per heavy atom. The van der Waals surface area contributed by atoms with Gasteiger partial charge >= 0.3 is 0 Å². The average molecular weight is 511 g/mol. The lowest BCUT2D eigenvalue weighted by atomic mass is 10.1. The van der Waals surface area contributed by atoms with Crippen LogP contribution in [0.3, 0.4) is 0 Å². The summed E-state index contributed by atoms with van der Waals surface area (Å²) < 4.78 is 13.7. The van der Waals surface area contributed by atoms with E-state index in [-0.39, 0.29) is 24.5 Å². The minimum atomic E-state index is -0.391. The molecule has 11 heteroatoms. The van der Waals surface area contributed by atoms with Gasteiger partial charge in [-0.2, -0.15) is 0 Å². The number of halogens is 1. The molecule has 2 aromatic heterocycles. The SMILES string of the molecule is O=C1N[C@H]2CN(C(=O)CCc3cccnc3)C[C@@H]2OCc2cn(nn2)CCCOc2cc1ccc2Cl. The van der Waals surface area contributed by atoms with E-state index in [1.54, 1.807) is 40.2 Å². The summed E-state index contributed by atoms with van der Waals surface area (Å²) in [6.45, 7) is 2.00. The third kappa shape index (κ3) is 5.83. The number of rotatable bonds is 3. The molecule has 4 heterocycles. The topological polar surface area (TPSA) is 111 Å². The quantitative estimate of drug-likeness (QED) is 0.575. The van der Waals surface area contributed by atoms with Crippen LogP contribution in [0, 0.1) is 0 Å². The minimum Gasteiger partial charge on any atom is -0.492 e. The first-order valence-corrected chi connectivity index (χ1v) is 12.3. The zero-order valence-electron chi connectivity index (χ0n) is 19.7. The molecule has 2 atom stereocenters. The molecule has 1 fully saturated rings. The molecule has 188 valence electrons. The summed E-state index contributed by atoms with van der Waals surface area (Å²) in [5.74, 6) is 0.170. The smallest absolute Gasteiger partial charge is 0.251 e. The van der Waals surface area contributed by atoms with Gasteiger partial charge in [-0.1, -0.05) is 22.9 Å². The number of carbonyl (C=O) groups excluding carboxylic acids is 2. The van der Waals surface area contributed by atoms with Crippen LogP contribution in [0.4, 0.5) is 0 Å². The van der Waals surface area contributed by atoms with Crippen molar-refractivity contribution in [1.82, 2.24) is 30.2 Å². The van der Waals surface area contributed by atoms with Gasteiger partial charge in [-0.3, -0.25) is 19.3 Å². The number of nitrogens with zero attached hydrogens (tertiary/aromatic N) is 5. The number of ether oxygens (including phenoxy) is 2. The fourth-order valence-corrected chi connectivity index (χ4v) is 4.53. The van der Waals surface area contributed by atoms with Gasteiger partial charge in [0.25, 0.3) is 5.91 Å². The number of benzene rings is 1. The summed E-state index contributed by atoms with van der Waals surface area (Å²) in [5.41, 5.74) is 2.12. The van der Waals surface area contributed by atoms with Gasteiger partial charge in [-0.15, -0.1) is 5.10 Å². The largest absolute Gasteiger partial charge is 0.492 e. The van der Waals surface area contributed by atoms with E-state index in [9.17, 15) is 9.59 Å². The number of carbonyl (C=O) groups is 2. The highest BCUT2D eigenvalue weighted by atomic mass is 35.5. The molecular formula is C25H27ClN6O4. The van der Waals surface area contributed by atoms with E-state index in [2.05, 4.69) is 20.6 Å². The summed E-state index contributed by atoms with van der Waals surface area (Å²) in [4.78, 5) is 32.0. The highest BCUT2D eigenvalue weighted by Gasteiger charge is 2.37. The van der Waals surface area contributed by atoms with Gasteiger partial charge in [-0.25, -0.2) is 0 Å². The molecule has 1 saturated heterocycles. The number of hydrogen-bond acceptors (Lipinski definition) is 7. The highest BCUT2D eigenvalue weighted by Crippen LogP contribution is 2.26. The van der Waals surface area contributed by atoms with Crippen molar-refractivity contribution < 1.29 is 19.1 Å². The molecule has 0 spiro atoms. The van der Waals surface area contributed by atoms with Gasteiger partial charge in [0.05, 0.1) is 36.6 Å². The Balaban J connectivity index is 1.33. The molecule has 0 aliphatic carbocycles. The maximum Gasteiger partial charge on any atom is 0.251 e. The number of aromatic nitrogens is 4. The second-order valence-electron chi connectivity index (χ2n) is 8.91. The monoisotopic (exact) mass is 510 g/mol. The fraction of sp³-hybridized carbons (Fsp3) is 0.400. The van der Waals surface area contributed by atoms with Crippen molar-refractivity contribution in [2.24, 2.45) is 0 Å². The molecule has 2 amide bonds. The Bertz CT molecular complexity index is 1220.